The van der Waals surface area contributed by atoms with Crippen molar-refractivity contribution in [1.82, 2.24) is 15.6 Å². The zero-order chi connectivity index (χ0) is 26.2. The number of aliphatic hydroxyl groups is 1. The average Bonchev–Trinajstić information content (AvgIpc) is 3.27. The van der Waals surface area contributed by atoms with Gasteiger partial charge in [-0.3, -0.25) is 4.79 Å². The predicted molar refractivity (Wildman–Crippen MR) is 136 cm³/mol. The standard InChI is InChI=1S/C28H36FN3O5/c1-17(33)32-21(10-18-5-6-24-25(11-18)36-16-35-24)23(34)15-30-22-13-28(7-4-8-28)37-26-20(22)9-19(14-31-26)12-27(2,3)29/h5-6,9,11,14,21-23,30,34H,4,7-8,10,12-13,15-16H2,1-3H3,(H,32,33)/t21-,22-,23-/m0/s1. The van der Waals surface area contributed by atoms with Crippen LogP contribution in [0, 0.1) is 0 Å². The van der Waals surface area contributed by atoms with Crippen molar-refractivity contribution in [2.45, 2.75) is 88.8 Å². The summed E-state index contributed by atoms with van der Waals surface area (Å²) in [7, 11) is 0. The molecule has 8 nitrogen and oxygen atoms in total. The molecule has 1 amide bonds. The van der Waals surface area contributed by atoms with Gasteiger partial charge >= 0.3 is 0 Å². The van der Waals surface area contributed by atoms with Crippen molar-refractivity contribution in [2.75, 3.05) is 13.3 Å². The second-order valence-electron chi connectivity index (χ2n) is 11.2. The second-order valence-corrected chi connectivity index (χ2v) is 11.2. The summed E-state index contributed by atoms with van der Waals surface area (Å²) >= 11 is 0. The van der Waals surface area contributed by atoms with E-state index in [9.17, 15) is 14.3 Å². The second kappa shape index (κ2) is 10.1. The van der Waals surface area contributed by atoms with Gasteiger partial charge in [-0.05, 0) is 68.9 Å². The monoisotopic (exact) mass is 513 g/mol. The highest BCUT2D eigenvalue weighted by atomic mass is 19.1. The molecule has 0 saturated heterocycles. The van der Waals surface area contributed by atoms with Crippen LogP contribution in [0.1, 0.15) is 69.2 Å². The van der Waals surface area contributed by atoms with Crippen LogP contribution in [0.2, 0.25) is 0 Å². The lowest BCUT2D eigenvalue weighted by Crippen LogP contribution is -2.52. The number of alkyl halides is 1. The van der Waals surface area contributed by atoms with E-state index >= 15 is 0 Å². The molecular weight excluding hydrogens is 477 g/mol. The summed E-state index contributed by atoms with van der Waals surface area (Å²) in [6.45, 7) is 5.01. The quantitative estimate of drug-likeness (QED) is 0.471. The molecule has 3 atom stereocenters. The fraction of sp³-hybridized carbons (Fsp3) is 0.571. The first-order valence-electron chi connectivity index (χ1n) is 13.0. The molecule has 5 rings (SSSR count). The minimum absolute atomic E-state index is 0.0996. The largest absolute Gasteiger partial charge is 0.471 e. The number of nitrogens with zero attached hydrogens (tertiary/aromatic N) is 1. The third kappa shape index (κ3) is 5.99. The van der Waals surface area contributed by atoms with Gasteiger partial charge in [0.05, 0.1) is 12.1 Å². The Morgan fingerprint density at radius 2 is 2.03 bits per heavy atom. The Kier molecular flexibility index (Phi) is 7.02. The van der Waals surface area contributed by atoms with Gasteiger partial charge < -0.3 is 30.0 Å². The van der Waals surface area contributed by atoms with Crippen molar-refractivity contribution in [3.63, 3.8) is 0 Å². The molecule has 1 spiro atoms. The van der Waals surface area contributed by atoms with E-state index < -0.39 is 17.8 Å². The molecule has 0 unspecified atom stereocenters. The zero-order valence-electron chi connectivity index (χ0n) is 21.7. The van der Waals surface area contributed by atoms with E-state index in [4.69, 9.17) is 14.2 Å². The summed E-state index contributed by atoms with van der Waals surface area (Å²) < 4.78 is 31.5. The van der Waals surface area contributed by atoms with Crippen LogP contribution in [0.25, 0.3) is 0 Å². The van der Waals surface area contributed by atoms with Gasteiger partial charge in [0.2, 0.25) is 18.6 Å². The minimum Gasteiger partial charge on any atom is -0.471 e. The number of benzene rings is 1. The topological polar surface area (TPSA) is 102 Å². The Morgan fingerprint density at radius 3 is 2.73 bits per heavy atom. The number of amides is 1. The van der Waals surface area contributed by atoms with Gasteiger partial charge in [0.1, 0.15) is 11.3 Å². The van der Waals surface area contributed by atoms with Crippen LogP contribution in [-0.4, -0.2) is 52.8 Å². The van der Waals surface area contributed by atoms with Gasteiger partial charge in [0.25, 0.3) is 0 Å². The number of nitrogens with one attached hydrogen (secondary N) is 2. The lowest BCUT2D eigenvalue weighted by Gasteiger charge is -2.47. The van der Waals surface area contributed by atoms with E-state index in [1.807, 2.05) is 24.3 Å². The summed E-state index contributed by atoms with van der Waals surface area (Å²) in [5.74, 6) is 1.72. The molecule has 3 aliphatic rings. The van der Waals surface area contributed by atoms with E-state index in [1.54, 1.807) is 20.0 Å². The van der Waals surface area contributed by atoms with E-state index in [1.165, 1.54) is 6.92 Å². The third-order valence-corrected chi connectivity index (χ3v) is 7.41. The number of carbonyl (C=O) groups is 1. The highest BCUT2D eigenvalue weighted by Crippen LogP contribution is 2.48. The minimum atomic E-state index is -1.35. The number of halogens is 1. The van der Waals surface area contributed by atoms with Crippen LogP contribution in [0.5, 0.6) is 17.4 Å². The molecular formula is C28H36FN3O5. The maximum atomic E-state index is 14.3. The number of fused-ring (bicyclic) bond motifs is 2. The van der Waals surface area contributed by atoms with E-state index in [-0.39, 0.29) is 37.3 Å². The fourth-order valence-corrected chi connectivity index (χ4v) is 5.49. The number of carbonyl (C=O) groups excluding carboxylic acids is 1. The Hall–Kier alpha value is -2.91. The van der Waals surface area contributed by atoms with Crippen LogP contribution < -0.4 is 24.8 Å². The molecule has 2 aromatic rings. The van der Waals surface area contributed by atoms with Crippen molar-refractivity contribution in [3.8, 4) is 17.4 Å². The first kappa shape index (κ1) is 25.7. The van der Waals surface area contributed by atoms with Crippen molar-refractivity contribution in [1.29, 1.82) is 0 Å². The van der Waals surface area contributed by atoms with Gasteiger partial charge in [-0.15, -0.1) is 0 Å². The van der Waals surface area contributed by atoms with Crippen LogP contribution in [0.15, 0.2) is 30.5 Å². The van der Waals surface area contributed by atoms with Gasteiger partial charge in [0.15, 0.2) is 11.5 Å². The fourth-order valence-electron chi connectivity index (χ4n) is 5.49. The number of hydrogen-bond acceptors (Lipinski definition) is 7. The van der Waals surface area contributed by atoms with Crippen molar-refractivity contribution in [2.24, 2.45) is 0 Å². The van der Waals surface area contributed by atoms with Crippen LogP contribution in [0.4, 0.5) is 4.39 Å². The van der Waals surface area contributed by atoms with E-state index in [2.05, 4.69) is 15.6 Å². The Bertz CT molecular complexity index is 1150. The zero-order valence-corrected chi connectivity index (χ0v) is 21.7. The molecule has 0 bridgehead atoms. The number of pyridine rings is 1. The maximum absolute atomic E-state index is 14.3. The molecule has 200 valence electrons. The van der Waals surface area contributed by atoms with Crippen LogP contribution in [-0.2, 0) is 17.6 Å². The Morgan fingerprint density at radius 1 is 1.24 bits per heavy atom. The van der Waals surface area contributed by atoms with Gasteiger partial charge in [0, 0.05) is 44.1 Å². The normalized spacial score (nSPS) is 20.9. The first-order chi connectivity index (χ1) is 17.6. The summed E-state index contributed by atoms with van der Waals surface area (Å²) in [5, 5.41) is 17.6. The van der Waals surface area contributed by atoms with Crippen molar-refractivity contribution < 1.29 is 28.5 Å². The first-order valence-corrected chi connectivity index (χ1v) is 13.0. The third-order valence-electron chi connectivity index (χ3n) is 7.41. The van der Waals surface area contributed by atoms with Crippen LogP contribution in [0.3, 0.4) is 0 Å². The molecule has 1 saturated carbocycles. The predicted octanol–water partition coefficient (Wildman–Crippen LogP) is 3.55. The number of aromatic nitrogens is 1. The molecule has 37 heavy (non-hydrogen) atoms. The lowest BCUT2D eigenvalue weighted by atomic mass is 9.73. The van der Waals surface area contributed by atoms with E-state index in [0.29, 0.717) is 23.8 Å². The SMILES string of the molecule is CC(=O)N[C@@H](Cc1ccc2c(c1)OCO2)[C@@H](O)CN[C@H]1CC2(CCC2)Oc2ncc(CC(C)(C)F)cc21. The smallest absolute Gasteiger partial charge is 0.231 e. The molecule has 1 aliphatic carbocycles. The summed E-state index contributed by atoms with van der Waals surface area (Å²) in [6, 6.07) is 7.00. The maximum Gasteiger partial charge on any atom is 0.231 e. The average molecular weight is 514 g/mol. The molecule has 1 aromatic carbocycles. The van der Waals surface area contributed by atoms with Gasteiger partial charge in [-0.1, -0.05) is 6.07 Å². The number of aliphatic hydroxyl groups excluding tert-OH is 1. The molecule has 1 aromatic heterocycles. The van der Waals surface area contributed by atoms with Gasteiger partial charge in [-0.2, -0.15) is 0 Å². The Balaban J connectivity index is 1.31. The van der Waals surface area contributed by atoms with E-state index in [0.717, 1.165) is 42.4 Å². The molecule has 0 radical (unpaired) electrons. The number of rotatable bonds is 9. The Labute approximate surface area is 216 Å². The highest BCUT2D eigenvalue weighted by Gasteiger charge is 2.46. The number of hydrogen-bond donors (Lipinski definition) is 3. The molecule has 9 heteroatoms. The molecule has 3 heterocycles. The van der Waals surface area contributed by atoms with Crippen molar-refractivity contribution in [3.05, 3.63) is 47.2 Å². The summed E-state index contributed by atoms with van der Waals surface area (Å²) in [5.41, 5.74) is 1.03. The van der Waals surface area contributed by atoms with Gasteiger partial charge in [-0.25, -0.2) is 9.37 Å². The molecule has 2 aliphatic heterocycles. The van der Waals surface area contributed by atoms with Crippen LogP contribution >= 0.6 is 0 Å². The van der Waals surface area contributed by atoms with Crippen molar-refractivity contribution >= 4 is 5.91 Å². The summed E-state index contributed by atoms with van der Waals surface area (Å²) in [6.07, 6.45) is 5.34. The lowest BCUT2D eigenvalue weighted by molar-refractivity contribution is -0.120. The summed E-state index contributed by atoms with van der Waals surface area (Å²) in [4.78, 5) is 16.5. The highest BCUT2D eigenvalue weighted by molar-refractivity contribution is 5.73. The molecule has 1 fully saturated rings. The number of ether oxygens (including phenoxy) is 3. The molecule has 3 N–H and O–H groups in total.